The van der Waals surface area contributed by atoms with Crippen molar-refractivity contribution in [2.75, 3.05) is 14.1 Å². The second kappa shape index (κ2) is 15.2. The average molecular weight is 626 g/mol. The van der Waals surface area contributed by atoms with Crippen molar-refractivity contribution in [3.63, 3.8) is 0 Å². The quantitative estimate of drug-likeness (QED) is 0.132. The Balaban J connectivity index is 0.000000220. The Bertz CT molecular complexity index is 1400. The minimum absolute atomic E-state index is 0.117. The van der Waals surface area contributed by atoms with Gasteiger partial charge >= 0.3 is 0 Å². The topological polar surface area (TPSA) is 92.8 Å². The third-order valence-corrected chi connectivity index (χ3v) is 6.67. The van der Waals surface area contributed by atoms with Gasteiger partial charge in [-0.25, -0.2) is 0 Å². The lowest BCUT2D eigenvalue weighted by Gasteiger charge is -2.16. The van der Waals surface area contributed by atoms with Crippen LogP contribution < -0.4 is 0 Å². The Morgan fingerprint density at radius 3 is 1.38 bits per heavy atom. The van der Waals surface area contributed by atoms with Crippen LogP contribution in [0.2, 0.25) is 5.02 Å². The van der Waals surface area contributed by atoms with Gasteiger partial charge in [-0.3, -0.25) is 30.0 Å². The number of nitro benzene ring substituents is 2. The van der Waals surface area contributed by atoms with Crippen molar-refractivity contribution in [3.8, 4) is 0 Å². The van der Waals surface area contributed by atoms with Crippen molar-refractivity contribution in [1.82, 2.24) is 9.80 Å². The lowest BCUT2D eigenvalue weighted by molar-refractivity contribution is -0.385. The molecule has 0 saturated heterocycles. The van der Waals surface area contributed by atoms with Crippen molar-refractivity contribution in [1.29, 1.82) is 0 Å². The fourth-order valence-corrected chi connectivity index (χ4v) is 4.51. The van der Waals surface area contributed by atoms with Crippen LogP contribution in [0.3, 0.4) is 0 Å². The minimum Gasteiger partial charge on any atom is -0.298 e. The van der Waals surface area contributed by atoms with Crippen LogP contribution in [0.15, 0.2) is 102 Å². The maximum atomic E-state index is 10.6. The molecule has 0 aliphatic heterocycles. The molecule has 0 aliphatic rings. The predicted molar refractivity (Wildman–Crippen MR) is 162 cm³/mol. The molecule has 10 heteroatoms. The maximum Gasteiger partial charge on any atom is 0.269 e. The average Bonchev–Trinajstić information content (AvgIpc) is 2.91. The molecule has 4 aromatic carbocycles. The Morgan fingerprint density at radius 2 is 1.00 bits per heavy atom. The van der Waals surface area contributed by atoms with Gasteiger partial charge in [0.25, 0.3) is 11.4 Å². The molecule has 0 bridgehead atoms. The van der Waals surface area contributed by atoms with E-state index in [0.717, 1.165) is 52.4 Å². The number of non-ortho nitro benzene ring substituents is 2. The van der Waals surface area contributed by atoms with Crippen LogP contribution in [0.4, 0.5) is 11.4 Å². The zero-order chi connectivity index (χ0) is 29.1. The molecule has 0 unspecified atom stereocenters. The molecule has 0 aromatic heterocycles. The number of hydrogen-bond acceptors (Lipinski definition) is 6. The first-order valence-corrected chi connectivity index (χ1v) is 13.6. The Morgan fingerprint density at radius 1 is 0.625 bits per heavy atom. The van der Waals surface area contributed by atoms with E-state index >= 15 is 0 Å². The normalized spacial score (nSPS) is 10.8. The first kappa shape index (κ1) is 30.9. The molecule has 4 rings (SSSR count). The Kier molecular flexibility index (Phi) is 11.8. The van der Waals surface area contributed by atoms with Gasteiger partial charge in [-0.15, -0.1) is 0 Å². The van der Waals surface area contributed by atoms with Crippen molar-refractivity contribution < 1.29 is 9.85 Å². The zero-order valence-electron chi connectivity index (χ0n) is 22.2. The van der Waals surface area contributed by atoms with Crippen LogP contribution in [0.25, 0.3) is 0 Å². The van der Waals surface area contributed by atoms with Gasteiger partial charge in [-0.2, -0.15) is 0 Å². The number of hydrogen-bond donors (Lipinski definition) is 0. The van der Waals surface area contributed by atoms with Gasteiger partial charge in [0, 0.05) is 59.9 Å². The van der Waals surface area contributed by atoms with E-state index in [2.05, 4.69) is 37.9 Å². The highest BCUT2D eigenvalue weighted by Crippen LogP contribution is 2.17. The minimum atomic E-state index is -0.389. The molecule has 8 nitrogen and oxygen atoms in total. The van der Waals surface area contributed by atoms with E-state index in [0.29, 0.717) is 0 Å². The standard InChI is InChI=1S/C15H15BrN2O2.C15H15ClN2O2/c1-17(10-12-2-6-14(16)7-3-12)11-13-4-8-15(9-5-13)18(19)20;1-17(11-13-3-2-4-14(16)9-13)10-12-5-7-15(8-6-12)18(19)20/h2*2-9H,10-11H2,1H3. The first-order valence-electron chi connectivity index (χ1n) is 12.4. The second-order valence-corrected chi connectivity index (χ2v) is 10.8. The summed E-state index contributed by atoms with van der Waals surface area (Å²) in [6.07, 6.45) is 0. The SMILES string of the molecule is CN(Cc1ccc(Br)cc1)Cc1ccc([N+](=O)[O-])cc1.CN(Cc1ccc([N+](=O)[O-])cc1)Cc1cccc(Cl)c1. The summed E-state index contributed by atoms with van der Waals surface area (Å²) < 4.78 is 1.07. The molecule has 0 saturated carbocycles. The van der Waals surface area contributed by atoms with Crippen LogP contribution in [-0.4, -0.2) is 33.7 Å². The van der Waals surface area contributed by atoms with Crippen LogP contribution >= 0.6 is 27.5 Å². The number of rotatable bonds is 10. The van der Waals surface area contributed by atoms with Gasteiger partial charge in [0.1, 0.15) is 0 Å². The lowest BCUT2D eigenvalue weighted by atomic mass is 10.1. The highest BCUT2D eigenvalue weighted by atomic mass is 79.9. The highest BCUT2D eigenvalue weighted by molar-refractivity contribution is 9.10. The molecule has 0 N–H and O–H groups in total. The monoisotopic (exact) mass is 624 g/mol. The maximum absolute atomic E-state index is 10.6. The molecule has 4 aromatic rings. The molecule has 40 heavy (non-hydrogen) atoms. The smallest absolute Gasteiger partial charge is 0.269 e. The summed E-state index contributed by atoms with van der Waals surface area (Å²) in [6, 6.07) is 29.3. The molecule has 0 fully saturated rings. The van der Waals surface area contributed by atoms with E-state index in [4.69, 9.17) is 11.6 Å². The summed E-state index contributed by atoms with van der Waals surface area (Å²) in [7, 11) is 4.03. The van der Waals surface area contributed by atoms with Gasteiger partial charge < -0.3 is 0 Å². The van der Waals surface area contributed by atoms with Crippen molar-refractivity contribution in [2.24, 2.45) is 0 Å². The molecule has 0 radical (unpaired) electrons. The Hall–Kier alpha value is -3.63. The molecule has 0 spiro atoms. The third kappa shape index (κ3) is 10.5. The molecule has 0 aliphatic carbocycles. The van der Waals surface area contributed by atoms with E-state index in [1.165, 1.54) is 17.7 Å². The van der Waals surface area contributed by atoms with E-state index in [1.54, 1.807) is 36.4 Å². The summed E-state index contributed by atoms with van der Waals surface area (Å²) in [6.45, 7) is 3.10. The predicted octanol–water partition coefficient (Wildman–Crippen LogP) is 7.87. The van der Waals surface area contributed by atoms with Crippen LogP contribution in [-0.2, 0) is 26.2 Å². The number of halogens is 2. The largest absolute Gasteiger partial charge is 0.298 e. The summed E-state index contributed by atoms with van der Waals surface area (Å²) in [5, 5.41) is 21.9. The van der Waals surface area contributed by atoms with Gasteiger partial charge in [-0.1, -0.05) is 76.1 Å². The molecule has 0 amide bonds. The fourth-order valence-electron chi connectivity index (χ4n) is 4.03. The first-order chi connectivity index (χ1) is 19.1. The van der Waals surface area contributed by atoms with Gasteiger partial charge in [0.2, 0.25) is 0 Å². The molecule has 208 valence electrons. The summed E-state index contributed by atoms with van der Waals surface area (Å²) in [4.78, 5) is 24.7. The van der Waals surface area contributed by atoms with Crippen LogP contribution in [0.5, 0.6) is 0 Å². The summed E-state index contributed by atoms with van der Waals surface area (Å²) in [5.74, 6) is 0. The van der Waals surface area contributed by atoms with Crippen molar-refractivity contribution >= 4 is 38.9 Å². The van der Waals surface area contributed by atoms with E-state index in [1.807, 2.05) is 50.5 Å². The molecule has 0 heterocycles. The van der Waals surface area contributed by atoms with Gasteiger partial charge in [0.05, 0.1) is 9.85 Å². The third-order valence-electron chi connectivity index (χ3n) is 5.91. The van der Waals surface area contributed by atoms with Crippen molar-refractivity contribution in [3.05, 3.63) is 149 Å². The van der Waals surface area contributed by atoms with Gasteiger partial charge in [0.15, 0.2) is 0 Å². The molecular weight excluding hydrogens is 596 g/mol. The van der Waals surface area contributed by atoms with Gasteiger partial charge in [-0.05, 0) is 60.6 Å². The van der Waals surface area contributed by atoms with E-state index in [9.17, 15) is 20.2 Å². The molecular formula is C30H30BrClN4O4. The zero-order valence-corrected chi connectivity index (χ0v) is 24.6. The lowest BCUT2D eigenvalue weighted by Crippen LogP contribution is -2.17. The number of nitro groups is 2. The molecule has 0 atom stereocenters. The van der Waals surface area contributed by atoms with E-state index < -0.39 is 0 Å². The number of benzene rings is 4. The van der Waals surface area contributed by atoms with Crippen LogP contribution in [0, 0.1) is 20.2 Å². The second-order valence-electron chi connectivity index (χ2n) is 9.45. The fraction of sp³-hybridized carbons (Fsp3) is 0.200. The number of nitrogens with zero attached hydrogens (tertiary/aromatic N) is 4. The van der Waals surface area contributed by atoms with E-state index in [-0.39, 0.29) is 21.2 Å². The summed E-state index contributed by atoms with van der Waals surface area (Å²) in [5.41, 5.74) is 4.73. The van der Waals surface area contributed by atoms with Crippen molar-refractivity contribution in [2.45, 2.75) is 26.2 Å². The Labute approximate surface area is 247 Å². The van der Waals surface area contributed by atoms with Crippen LogP contribution in [0.1, 0.15) is 22.3 Å². The highest BCUT2D eigenvalue weighted by Gasteiger charge is 2.08. The summed E-state index contributed by atoms with van der Waals surface area (Å²) >= 11 is 9.37.